The van der Waals surface area contributed by atoms with Gasteiger partial charge in [-0.3, -0.25) is 14.0 Å². The molecule has 2 saturated heterocycles. The smallest absolute Gasteiger partial charge is 0.255 e. The lowest BCUT2D eigenvalue weighted by Crippen LogP contribution is -2.37. The van der Waals surface area contributed by atoms with Crippen molar-refractivity contribution in [2.75, 3.05) is 35.0 Å². The lowest BCUT2D eigenvalue weighted by atomic mass is 10.1. The molecule has 0 unspecified atom stereocenters. The van der Waals surface area contributed by atoms with E-state index in [-0.39, 0.29) is 11.7 Å². The molecule has 154 valence electrons. The zero-order chi connectivity index (χ0) is 20.3. The first-order chi connectivity index (χ1) is 14.0. The van der Waals surface area contributed by atoms with Crippen LogP contribution in [-0.4, -0.2) is 44.6 Å². The average Bonchev–Trinajstić information content (AvgIpc) is 3.21. The lowest BCUT2D eigenvalue weighted by Gasteiger charge is -2.28. The first kappa shape index (κ1) is 19.9. The monoisotopic (exact) mass is 413 g/mol. The number of nitrogens with zero attached hydrogens (tertiary/aromatic N) is 2. The Kier molecular flexibility index (Phi) is 5.87. The number of nitrogens with one attached hydrogen (secondary N) is 1. The fraction of sp³-hybridized carbons (Fsp3) is 0.409. The molecule has 4 rings (SSSR count). The van der Waals surface area contributed by atoms with E-state index in [1.54, 1.807) is 24.3 Å². The van der Waals surface area contributed by atoms with Crippen LogP contribution in [0.5, 0.6) is 0 Å². The van der Waals surface area contributed by atoms with Crippen LogP contribution in [0, 0.1) is 0 Å². The predicted octanol–water partition coefficient (Wildman–Crippen LogP) is 3.46. The van der Waals surface area contributed by atoms with E-state index in [9.17, 15) is 13.2 Å². The summed E-state index contributed by atoms with van der Waals surface area (Å²) < 4.78 is 26.2. The van der Waals surface area contributed by atoms with Gasteiger partial charge in [-0.2, -0.15) is 0 Å². The molecule has 1 amide bonds. The molecule has 0 bridgehead atoms. The summed E-state index contributed by atoms with van der Waals surface area (Å²) in [6.45, 7) is 3.40. The Morgan fingerprint density at radius 1 is 0.931 bits per heavy atom. The summed E-state index contributed by atoms with van der Waals surface area (Å²) in [5.74, 6) is 0.00597. The van der Waals surface area contributed by atoms with Gasteiger partial charge in [-0.1, -0.05) is 24.3 Å². The molecule has 2 aliphatic rings. The summed E-state index contributed by atoms with van der Waals surface area (Å²) in [6.07, 6.45) is 3.96. The van der Waals surface area contributed by atoms with Crippen molar-refractivity contribution >= 4 is 27.3 Å². The van der Waals surface area contributed by atoms with E-state index in [1.165, 1.54) is 17.1 Å². The number of amides is 1. The highest BCUT2D eigenvalue weighted by atomic mass is 32.2. The molecule has 0 spiro atoms. The van der Waals surface area contributed by atoms with E-state index >= 15 is 0 Å². The van der Waals surface area contributed by atoms with Gasteiger partial charge in [0.2, 0.25) is 10.0 Å². The highest BCUT2D eigenvalue weighted by molar-refractivity contribution is 7.92. The zero-order valence-electron chi connectivity index (χ0n) is 16.5. The summed E-state index contributed by atoms with van der Waals surface area (Å²) in [4.78, 5) is 15.3. The van der Waals surface area contributed by atoms with E-state index < -0.39 is 10.0 Å². The summed E-state index contributed by atoms with van der Waals surface area (Å²) in [5.41, 5.74) is 2.88. The van der Waals surface area contributed by atoms with Gasteiger partial charge >= 0.3 is 0 Å². The Hall–Kier alpha value is -2.38. The van der Waals surface area contributed by atoms with Crippen molar-refractivity contribution in [3.63, 3.8) is 0 Å². The van der Waals surface area contributed by atoms with Gasteiger partial charge < -0.3 is 5.32 Å². The molecule has 0 aliphatic carbocycles. The minimum Gasteiger partial charge on any atom is -0.322 e. The van der Waals surface area contributed by atoms with Crippen LogP contribution in [0.25, 0.3) is 0 Å². The highest BCUT2D eigenvalue weighted by Crippen LogP contribution is 2.26. The van der Waals surface area contributed by atoms with Crippen LogP contribution in [0.4, 0.5) is 11.4 Å². The van der Waals surface area contributed by atoms with Crippen LogP contribution in [0.2, 0.25) is 0 Å². The molecule has 0 atom stereocenters. The van der Waals surface area contributed by atoms with Gasteiger partial charge in [-0.25, -0.2) is 8.42 Å². The average molecular weight is 414 g/mol. The summed E-state index contributed by atoms with van der Waals surface area (Å²) in [5, 5.41) is 2.95. The Bertz CT molecular complexity index is 984. The lowest BCUT2D eigenvalue weighted by molar-refractivity contribution is 0.102. The molecule has 2 aromatic carbocycles. The van der Waals surface area contributed by atoms with E-state index in [1.807, 2.05) is 24.3 Å². The van der Waals surface area contributed by atoms with Gasteiger partial charge in [0.15, 0.2) is 0 Å². The van der Waals surface area contributed by atoms with Gasteiger partial charge in [0, 0.05) is 24.3 Å². The quantitative estimate of drug-likeness (QED) is 0.815. The van der Waals surface area contributed by atoms with Crippen LogP contribution in [0.3, 0.4) is 0 Å². The Balaban J connectivity index is 1.52. The molecule has 2 fully saturated rings. The summed E-state index contributed by atoms with van der Waals surface area (Å²) in [6, 6.07) is 14.8. The van der Waals surface area contributed by atoms with Gasteiger partial charge in [-0.05, 0) is 68.6 Å². The first-order valence-electron chi connectivity index (χ1n) is 10.2. The van der Waals surface area contributed by atoms with Gasteiger partial charge in [0.05, 0.1) is 11.4 Å². The van der Waals surface area contributed by atoms with Crippen LogP contribution in [-0.2, 0) is 16.6 Å². The van der Waals surface area contributed by atoms with E-state index in [4.69, 9.17) is 0 Å². The molecule has 2 heterocycles. The van der Waals surface area contributed by atoms with Crippen molar-refractivity contribution in [1.29, 1.82) is 0 Å². The standard InChI is InChI=1S/C22H27N3O3S/c26-22(21-11-2-1-8-18(21)17-24-12-3-4-13-24)23-19-9-7-10-20(16-19)25-14-5-6-15-29(25,27)28/h1-2,7-11,16H,3-6,12-15,17H2,(H,23,26). The van der Waals surface area contributed by atoms with Crippen LogP contribution < -0.4 is 9.62 Å². The van der Waals surface area contributed by atoms with Crippen molar-refractivity contribution in [3.05, 3.63) is 59.7 Å². The molecule has 29 heavy (non-hydrogen) atoms. The second kappa shape index (κ2) is 8.55. The molecular weight excluding hydrogens is 386 g/mol. The third-order valence-corrected chi connectivity index (χ3v) is 7.47. The van der Waals surface area contributed by atoms with Crippen LogP contribution in [0.1, 0.15) is 41.6 Å². The van der Waals surface area contributed by atoms with Crippen molar-refractivity contribution in [1.82, 2.24) is 4.90 Å². The Morgan fingerprint density at radius 3 is 2.48 bits per heavy atom. The SMILES string of the molecule is O=C(Nc1cccc(N2CCCCS2(=O)=O)c1)c1ccccc1CN1CCCC1. The van der Waals surface area contributed by atoms with Crippen LogP contribution >= 0.6 is 0 Å². The molecule has 0 aromatic heterocycles. The van der Waals surface area contributed by atoms with Crippen LogP contribution in [0.15, 0.2) is 48.5 Å². The molecule has 2 aliphatic heterocycles. The number of sulfonamides is 1. The van der Waals surface area contributed by atoms with Crippen molar-refractivity contribution in [3.8, 4) is 0 Å². The zero-order valence-corrected chi connectivity index (χ0v) is 17.3. The van der Waals surface area contributed by atoms with Crippen molar-refractivity contribution in [2.45, 2.75) is 32.2 Å². The maximum Gasteiger partial charge on any atom is 0.255 e. The first-order valence-corrected chi connectivity index (χ1v) is 11.9. The third kappa shape index (κ3) is 4.62. The van der Waals surface area contributed by atoms with E-state index in [0.29, 0.717) is 29.9 Å². The normalized spacial score (nSPS) is 19.2. The maximum absolute atomic E-state index is 13.0. The Morgan fingerprint density at radius 2 is 1.69 bits per heavy atom. The molecule has 0 saturated carbocycles. The second-order valence-electron chi connectivity index (χ2n) is 7.74. The number of anilines is 2. The number of carbonyl (C=O) groups is 1. The van der Waals surface area contributed by atoms with E-state index in [0.717, 1.165) is 31.6 Å². The van der Waals surface area contributed by atoms with Gasteiger partial charge in [0.25, 0.3) is 5.91 Å². The maximum atomic E-state index is 13.0. The number of rotatable bonds is 5. The third-order valence-electron chi connectivity index (χ3n) is 5.60. The highest BCUT2D eigenvalue weighted by Gasteiger charge is 2.26. The fourth-order valence-electron chi connectivity index (χ4n) is 4.08. The topological polar surface area (TPSA) is 69.7 Å². The van der Waals surface area contributed by atoms with Gasteiger partial charge in [-0.15, -0.1) is 0 Å². The summed E-state index contributed by atoms with van der Waals surface area (Å²) in [7, 11) is -3.28. The molecule has 0 radical (unpaired) electrons. The predicted molar refractivity (Wildman–Crippen MR) is 116 cm³/mol. The number of carbonyl (C=O) groups excluding carboxylic acids is 1. The number of hydrogen-bond acceptors (Lipinski definition) is 4. The molecule has 1 N–H and O–H groups in total. The molecule has 6 nitrogen and oxygen atoms in total. The van der Waals surface area contributed by atoms with Crippen molar-refractivity contribution < 1.29 is 13.2 Å². The number of benzene rings is 2. The van der Waals surface area contributed by atoms with Gasteiger partial charge in [0.1, 0.15) is 0 Å². The fourth-order valence-corrected chi connectivity index (χ4v) is 5.71. The van der Waals surface area contributed by atoms with E-state index in [2.05, 4.69) is 10.2 Å². The molecular formula is C22H27N3O3S. The summed E-state index contributed by atoms with van der Waals surface area (Å²) >= 11 is 0. The largest absolute Gasteiger partial charge is 0.322 e. The minimum atomic E-state index is -3.28. The van der Waals surface area contributed by atoms with Crippen molar-refractivity contribution in [2.24, 2.45) is 0 Å². The number of likely N-dealkylation sites (tertiary alicyclic amines) is 1. The minimum absolute atomic E-state index is 0.168. The molecule has 2 aromatic rings. The Labute approximate surface area is 172 Å². The second-order valence-corrected chi connectivity index (χ2v) is 9.75. The molecule has 7 heteroatoms. The number of hydrogen-bond donors (Lipinski definition) is 1.